The van der Waals surface area contributed by atoms with Gasteiger partial charge in [0.1, 0.15) is 6.04 Å². The molecule has 5 heteroatoms. The van der Waals surface area contributed by atoms with Crippen molar-refractivity contribution in [2.24, 2.45) is 0 Å². The molecule has 5 nitrogen and oxygen atoms in total. The first-order valence-electron chi connectivity index (χ1n) is 5.97. The number of nitrogens with one attached hydrogen (secondary N) is 1. The maximum Gasteiger partial charge on any atom is 0.325 e. The zero-order valence-electron chi connectivity index (χ0n) is 11.4. The molecule has 1 aromatic rings. The lowest BCUT2D eigenvalue weighted by atomic mass is 10.2. The van der Waals surface area contributed by atoms with Crippen molar-refractivity contribution >= 4 is 11.9 Å². The van der Waals surface area contributed by atoms with Crippen LogP contribution in [0.5, 0.6) is 0 Å². The average Bonchev–Trinajstić information content (AvgIpc) is 2.53. The van der Waals surface area contributed by atoms with Crippen molar-refractivity contribution in [2.75, 3.05) is 0 Å². The molecule has 0 bridgehead atoms. The summed E-state index contributed by atoms with van der Waals surface area (Å²) in [5.74, 6) is -1.38. The highest BCUT2D eigenvalue weighted by molar-refractivity contribution is 5.97. The van der Waals surface area contributed by atoms with Gasteiger partial charge in [0.2, 0.25) is 0 Å². The number of aryl methyl sites for hydroxylation is 1. The zero-order valence-corrected chi connectivity index (χ0v) is 11.4. The summed E-state index contributed by atoms with van der Waals surface area (Å²) in [6.07, 6.45) is 0. The molecule has 0 saturated heterocycles. The first kappa shape index (κ1) is 14.3. The molecule has 1 heterocycles. The van der Waals surface area contributed by atoms with Crippen molar-refractivity contribution < 1.29 is 14.7 Å². The summed E-state index contributed by atoms with van der Waals surface area (Å²) in [4.78, 5) is 22.7. The highest BCUT2D eigenvalue weighted by Gasteiger charge is 2.20. The van der Waals surface area contributed by atoms with Crippen LogP contribution in [0.2, 0.25) is 0 Å². The summed E-state index contributed by atoms with van der Waals surface area (Å²) in [5, 5.41) is 11.2. The molecule has 1 rings (SSSR count). The van der Waals surface area contributed by atoms with Crippen LogP contribution in [0.4, 0.5) is 0 Å². The molecule has 0 radical (unpaired) electrons. The number of aromatic nitrogens is 1. The zero-order chi connectivity index (χ0) is 14.0. The standard InChI is InChI=1S/C13H20N2O3/c1-7(2)15-8(3)6-11(10(15)5)12(16)14-9(4)13(17)18/h6-7,9H,1-5H3,(H,14,16)(H,17,18). The minimum absolute atomic E-state index is 0.267. The first-order chi connectivity index (χ1) is 8.25. The van der Waals surface area contributed by atoms with E-state index < -0.39 is 12.0 Å². The van der Waals surface area contributed by atoms with E-state index in [1.165, 1.54) is 6.92 Å². The molecule has 0 fully saturated rings. The normalized spacial score (nSPS) is 12.6. The number of hydrogen-bond donors (Lipinski definition) is 2. The fourth-order valence-corrected chi connectivity index (χ4v) is 2.14. The Bertz CT molecular complexity index is 475. The Morgan fingerprint density at radius 1 is 1.28 bits per heavy atom. The van der Waals surface area contributed by atoms with Gasteiger partial charge < -0.3 is 15.0 Å². The lowest BCUT2D eigenvalue weighted by Gasteiger charge is -2.14. The highest BCUT2D eigenvalue weighted by atomic mass is 16.4. The molecule has 0 aliphatic rings. The van der Waals surface area contributed by atoms with Crippen LogP contribution in [0.25, 0.3) is 0 Å². The lowest BCUT2D eigenvalue weighted by molar-refractivity contribution is -0.138. The molecule has 0 aromatic carbocycles. The second-order valence-corrected chi connectivity index (χ2v) is 4.78. The number of carboxylic acid groups (broad SMARTS) is 1. The van der Waals surface area contributed by atoms with Crippen molar-refractivity contribution in [3.8, 4) is 0 Å². The van der Waals surface area contributed by atoms with Crippen LogP contribution >= 0.6 is 0 Å². The molecule has 0 spiro atoms. The maximum atomic E-state index is 12.0. The van der Waals surface area contributed by atoms with Gasteiger partial charge in [0, 0.05) is 17.4 Å². The van der Waals surface area contributed by atoms with E-state index >= 15 is 0 Å². The maximum absolute atomic E-state index is 12.0. The van der Waals surface area contributed by atoms with E-state index in [9.17, 15) is 9.59 Å². The van der Waals surface area contributed by atoms with Crippen molar-refractivity contribution in [2.45, 2.75) is 46.7 Å². The Hall–Kier alpha value is -1.78. The molecule has 1 unspecified atom stereocenters. The van der Waals surface area contributed by atoms with E-state index in [1.54, 1.807) is 6.07 Å². The Labute approximate surface area is 107 Å². The van der Waals surface area contributed by atoms with E-state index in [0.717, 1.165) is 11.4 Å². The van der Waals surface area contributed by atoms with Crippen LogP contribution in [0.15, 0.2) is 6.07 Å². The largest absolute Gasteiger partial charge is 0.480 e. The lowest BCUT2D eigenvalue weighted by Crippen LogP contribution is -2.38. The van der Waals surface area contributed by atoms with Gasteiger partial charge in [-0.05, 0) is 40.7 Å². The van der Waals surface area contributed by atoms with Gasteiger partial charge in [-0.1, -0.05) is 0 Å². The second kappa shape index (κ2) is 5.25. The SMILES string of the molecule is Cc1cc(C(=O)NC(C)C(=O)O)c(C)n1C(C)C. The third-order valence-electron chi connectivity index (χ3n) is 2.96. The monoisotopic (exact) mass is 252 g/mol. The smallest absolute Gasteiger partial charge is 0.325 e. The van der Waals surface area contributed by atoms with Crippen LogP contribution in [0, 0.1) is 13.8 Å². The van der Waals surface area contributed by atoms with Gasteiger partial charge >= 0.3 is 5.97 Å². The Morgan fingerprint density at radius 2 is 1.83 bits per heavy atom. The second-order valence-electron chi connectivity index (χ2n) is 4.78. The van der Waals surface area contributed by atoms with Crippen LogP contribution < -0.4 is 5.32 Å². The molecule has 0 saturated carbocycles. The Balaban J connectivity index is 3.01. The number of amides is 1. The number of carboxylic acids is 1. The van der Waals surface area contributed by atoms with Crippen LogP contribution in [0.3, 0.4) is 0 Å². The minimum Gasteiger partial charge on any atom is -0.480 e. The molecule has 2 N–H and O–H groups in total. The number of hydrogen-bond acceptors (Lipinski definition) is 2. The van der Waals surface area contributed by atoms with Crippen molar-refractivity contribution in [3.05, 3.63) is 23.0 Å². The summed E-state index contributed by atoms with van der Waals surface area (Å²) < 4.78 is 2.06. The fraction of sp³-hybridized carbons (Fsp3) is 0.538. The van der Waals surface area contributed by atoms with Gasteiger partial charge in [0.15, 0.2) is 0 Å². The summed E-state index contributed by atoms with van der Waals surface area (Å²) in [6.45, 7) is 9.34. The molecule has 18 heavy (non-hydrogen) atoms. The van der Waals surface area contributed by atoms with E-state index in [-0.39, 0.29) is 11.9 Å². The van der Waals surface area contributed by atoms with Crippen LogP contribution in [-0.4, -0.2) is 27.6 Å². The molecule has 1 atom stereocenters. The van der Waals surface area contributed by atoms with Gasteiger partial charge in [0.05, 0.1) is 5.56 Å². The molecule has 0 aliphatic carbocycles. The average molecular weight is 252 g/mol. The van der Waals surface area contributed by atoms with Crippen LogP contribution in [0.1, 0.15) is 48.6 Å². The molecule has 1 aromatic heterocycles. The fourth-order valence-electron chi connectivity index (χ4n) is 2.14. The van der Waals surface area contributed by atoms with Crippen molar-refractivity contribution in [1.29, 1.82) is 0 Å². The number of carbonyl (C=O) groups excluding carboxylic acids is 1. The molecule has 1 amide bonds. The molecular formula is C13H20N2O3. The number of rotatable bonds is 4. The third-order valence-corrected chi connectivity index (χ3v) is 2.96. The summed E-state index contributed by atoms with van der Waals surface area (Å²) in [5.41, 5.74) is 2.39. The van der Waals surface area contributed by atoms with E-state index in [0.29, 0.717) is 5.56 Å². The van der Waals surface area contributed by atoms with E-state index in [1.807, 2.05) is 27.7 Å². The van der Waals surface area contributed by atoms with Gasteiger partial charge in [0.25, 0.3) is 5.91 Å². The Kier molecular flexibility index (Phi) is 4.16. The predicted molar refractivity (Wildman–Crippen MR) is 68.9 cm³/mol. The molecule has 100 valence electrons. The van der Waals surface area contributed by atoms with E-state index in [2.05, 4.69) is 9.88 Å². The number of nitrogens with zero attached hydrogens (tertiary/aromatic N) is 1. The number of carbonyl (C=O) groups is 2. The van der Waals surface area contributed by atoms with Crippen LogP contribution in [-0.2, 0) is 4.79 Å². The van der Waals surface area contributed by atoms with E-state index in [4.69, 9.17) is 5.11 Å². The topological polar surface area (TPSA) is 71.3 Å². The predicted octanol–water partition coefficient (Wildman–Crippen LogP) is 1.89. The van der Waals surface area contributed by atoms with Gasteiger partial charge in [-0.15, -0.1) is 0 Å². The first-order valence-corrected chi connectivity index (χ1v) is 5.97. The summed E-state index contributed by atoms with van der Waals surface area (Å²) in [7, 11) is 0. The van der Waals surface area contributed by atoms with Gasteiger partial charge in [-0.2, -0.15) is 0 Å². The highest BCUT2D eigenvalue weighted by Crippen LogP contribution is 2.20. The third kappa shape index (κ3) is 2.72. The van der Waals surface area contributed by atoms with Gasteiger partial charge in [-0.25, -0.2) is 0 Å². The Morgan fingerprint density at radius 3 is 2.22 bits per heavy atom. The van der Waals surface area contributed by atoms with Gasteiger partial charge in [-0.3, -0.25) is 9.59 Å². The number of aliphatic carboxylic acids is 1. The minimum atomic E-state index is -1.04. The quantitative estimate of drug-likeness (QED) is 0.859. The summed E-state index contributed by atoms with van der Waals surface area (Å²) in [6, 6.07) is 1.17. The van der Waals surface area contributed by atoms with Crippen molar-refractivity contribution in [1.82, 2.24) is 9.88 Å². The molecular weight excluding hydrogens is 232 g/mol. The summed E-state index contributed by atoms with van der Waals surface area (Å²) >= 11 is 0. The van der Waals surface area contributed by atoms with Crippen molar-refractivity contribution in [3.63, 3.8) is 0 Å². The molecule has 0 aliphatic heterocycles.